The van der Waals surface area contributed by atoms with Crippen LogP contribution in [0.15, 0.2) is 18.2 Å². The molecule has 1 aliphatic rings. The van der Waals surface area contributed by atoms with Crippen molar-refractivity contribution in [3.8, 4) is 5.75 Å². The first-order chi connectivity index (χ1) is 8.63. The minimum Gasteiger partial charge on any atom is -0.491 e. The van der Waals surface area contributed by atoms with Crippen molar-refractivity contribution in [1.82, 2.24) is 0 Å². The third-order valence-corrected chi connectivity index (χ3v) is 3.37. The smallest absolute Gasteiger partial charge is 0.123 e. The van der Waals surface area contributed by atoms with Crippen molar-refractivity contribution < 1.29 is 4.74 Å². The molecule has 2 rings (SSSR count). The van der Waals surface area contributed by atoms with E-state index in [9.17, 15) is 0 Å². The van der Waals surface area contributed by atoms with Crippen LogP contribution < -0.4 is 15.8 Å². The minimum absolute atomic E-state index is 0.175. The average Bonchev–Trinajstić information content (AvgIpc) is 2.77. The summed E-state index contributed by atoms with van der Waals surface area (Å²) in [4.78, 5) is 0. The number of anilines is 2. The van der Waals surface area contributed by atoms with Gasteiger partial charge in [-0.3, -0.25) is 0 Å². The van der Waals surface area contributed by atoms with Crippen molar-refractivity contribution in [2.75, 3.05) is 17.6 Å². The molecule has 0 aromatic heterocycles. The van der Waals surface area contributed by atoms with Gasteiger partial charge in [-0.05, 0) is 38.7 Å². The van der Waals surface area contributed by atoms with E-state index in [1.807, 2.05) is 32.0 Å². The molecule has 1 aromatic carbocycles. The van der Waals surface area contributed by atoms with E-state index in [2.05, 4.69) is 5.32 Å². The van der Waals surface area contributed by atoms with Crippen LogP contribution in [0.3, 0.4) is 0 Å². The summed E-state index contributed by atoms with van der Waals surface area (Å²) in [5.41, 5.74) is 7.72. The standard InChI is InChI=1S/C15H24N2O/c1-11(2)18-15-8-13(16)7-14(9-15)17-10-12-5-3-4-6-12/h7-9,11-12,17H,3-6,10,16H2,1-2H3. The number of hydrogen-bond acceptors (Lipinski definition) is 3. The molecule has 100 valence electrons. The van der Waals surface area contributed by atoms with Crippen LogP contribution in [-0.2, 0) is 0 Å². The van der Waals surface area contributed by atoms with E-state index in [1.165, 1.54) is 25.7 Å². The molecule has 1 aromatic rings. The molecule has 0 heterocycles. The molecule has 0 radical (unpaired) electrons. The Kier molecular flexibility index (Phi) is 4.34. The molecule has 1 aliphatic carbocycles. The van der Waals surface area contributed by atoms with Crippen LogP contribution in [-0.4, -0.2) is 12.6 Å². The Bertz CT molecular complexity index is 384. The molecule has 0 bridgehead atoms. The quantitative estimate of drug-likeness (QED) is 0.782. The van der Waals surface area contributed by atoms with Crippen molar-refractivity contribution in [2.24, 2.45) is 5.92 Å². The highest BCUT2D eigenvalue weighted by Crippen LogP contribution is 2.27. The van der Waals surface area contributed by atoms with Gasteiger partial charge in [0, 0.05) is 30.1 Å². The largest absolute Gasteiger partial charge is 0.491 e. The summed E-state index contributed by atoms with van der Waals surface area (Å²) in [6.45, 7) is 5.09. The Morgan fingerprint density at radius 3 is 2.67 bits per heavy atom. The van der Waals surface area contributed by atoms with Gasteiger partial charge in [0.1, 0.15) is 5.75 Å². The molecule has 0 unspecified atom stereocenters. The summed E-state index contributed by atoms with van der Waals surface area (Å²) in [5.74, 6) is 1.67. The molecular weight excluding hydrogens is 224 g/mol. The second-order valence-corrected chi connectivity index (χ2v) is 5.49. The van der Waals surface area contributed by atoms with Crippen molar-refractivity contribution in [2.45, 2.75) is 45.6 Å². The first-order valence-corrected chi connectivity index (χ1v) is 6.94. The van der Waals surface area contributed by atoms with Crippen LogP contribution in [0.2, 0.25) is 0 Å². The van der Waals surface area contributed by atoms with E-state index in [-0.39, 0.29) is 6.10 Å². The maximum atomic E-state index is 5.90. The SMILES string of the molecule is CC(C)Oc1cc(N)cc(NCC2CCCC2)c1. The van der Waals surface area contributed by atoms with E-state index >= 15 is 0 Å². The molecule has 0 spiro atoms. The van der Waals surface area contributed by atoms with Crippen LogP contribution in [0.5, 0.6) is 5.75 Å². The molecule has 3 N–H and O–H groups in total. The highest BCUT2D eigenvalue weighted by molar-refractivity contribution is 5.59. The molecule has 18 heavy (non-hydrogen) atoms. The third kappa shape index (κ3) is 3.83. The zero-order valence-electron chi connectivity index (χ0n) is 11.4. The average molecular weight is 248 g/mol. The van der Waals surface area contributed by atoms with Gasteiger partial charge in [-0.25, -0.2) is 0 Å². The van der Waals surface area contributed by atoms with Gasteiger partial charge in [-0.15, -0.1) is 0 Å². The fraction of sp³-hybridized carbons (Fsp3) is 0.600. The monoisotopic (exact) mass is 248 g/mol. The Morgan fingerprint density at radius 2 is 2.00 bits per heavy atom. The van der Waals surface area contributed by atoms with E-state index < -0.39 is 0 Å². The number of nitrogens with two attached hydrogens (primary N) is 1. The van der Waals surface area contributed by atoms with Gasteiger partial charge in [0.2, 0.25) is 0 Å². The van der Waals surface area contributed by atoms with Crippen LogP contribution in [0.1, 0.15) is 39.5 Å². The first kappa shape index (κ1) is 13.1. The van der Waals surface area contributed by atoms with Gasteiger partial charge in [0.05, 0.1) is 6.10 Å². The summed E-state index contributed by atoms with van der Waals surface area (Å²) in [5, 5.41) is 3.48. The molecule has 0 saturated heterocycles. The molecule has 0 amide bonds. The number of ether oxygens (including phenoxy) is 1. The van der Waals surface area contributed by atoms with Gasteiger partial charge < -0.3 is 15.8 Å². The lowest BCUT2D eigenvalue weighted by molar-refractivity contribution is 0.242. The number of nitrogen functional groups attached to an aromatic ring is 1. The maximum absolute atomic E-state index is 5.90. The lowest BCUT2D eigenvalue weighted by Crippen LogP contribution is -2.11. The lowest BCUT2D eigenvalue weighted by Gasteiger charge is -2.15. The van der Waals surface area contributed by atoms with E-state index in [4.69, 9.17) is 10.5 Å². The van der Waals surface area contributed by atoms with Gasteiger partial charge >= 0.3 is 0 Å². The zero-order valence-corrected chi connectivity index (χ0v) is 11.4. The summed E-state index contributed by atoms with van der Waals surface area (Å²) < 4.78 is 5.69. The second-order valence-electron chi connectivity index (χ2n) is 5.49. The number of rotatable bonds is 5. The zero-order chi connectivity index (χ0) is 13.0. The van der Waals surface area contributed by atoms with Crippen LogP contribution in [0, 0.1) is 5.92 Å². The van der Waals surface area contributed by atoms with Gasteiger partial charge in [0.15, 0.2) is 0 Å². The fourth-order valence-corrected chi connectivity index (χ4v) is 2.54. The molecule has 3 nitrogen and oxygen atoms in total. The number of benzene rings is 1. The third-order valence-electron chi connectivity index (χ3n) is 3.37. The Hall–Kier alpha value is -1.38. The van der Waals surface area contributed by atoms with Crippen molar-refractivity contribution in [1.29, 1.82) is 0 Å². The summed E-state index contributed by atoms with van der Waals surface area (Å²) >= 11 is 0. The summed E-state index contributed by atoms with van der Waals surface area (Å²) in [6, 6.07) is 5.88. The lowest BCUT2D eigenvalue weighted by atomic mass is 10.1. The van der Waals surface area contributed by atoms with Crippen molar-refractivity contribution >= 4 is 11.4 Å². The molecule has 1 saturated carbocycles. The van der Waals surface area contributed by atoms with Crippen LogP contribution in [0.4, 0.5) is 11.4 Å². The highest BCUT2D eigenvalue weighted by Gasteiger charge is 2.14. The van der Waals surface area contributed by atoms with E-state index in [0.29, 0.717) is 0 Å². The molecule has 3 heteroatoms. The van der Waals surface area contributed by atoms with E-state index in [1.54, 1.807) is 0 Å². The molecular formula is C15H24N2O. The minimum atomic E-state index is 0.175. The first-order valence-electron chi connectivity index (χ1n) is 6.94. The molecule has 0 atom stereocenters. The van der Waals surface area contributed by atoms with Crippen LogP contribution in [0.25, 0.3) is 0 Å². The summed E-state index contributed by atoms with van der Waals surface area (Å²) in [7, 11) is 0. The van der Waals surface area contributed by atoms with Gasteiger partial charge in [-0.2, -0.15) is 0 Å². The predicted molar refractivity (Wildman–Crippen MR) is 77.1 cm³/mol. The van der Waals surface area contributed by atoms with Crippen molar-refractivity contribution in [3.05, 3.63) is 18.2 Å². The fourth-order valence-electron chi connectivity index (χ4n) is 2.54. The molecule has 0 aliphatic heterocycles. The van der Waals surface area contributed by atoms with Crippen molar-refractivity contribution in [3.63, 3.8) is 0 Å². The Labute approximate surface area is 110 Å². The summed E-state index contributed by atoms with van der Waals surface area (Å²) in [6.07, 6.45) is 5.64. The topological polar surface area (TPSA) is 47.3 Å². The normalized spacial score (nSPS) is 16.2. The molecule has 1 fully saturated rings. The van der Waals surface area contributed by atoms with Gasteiger partial charge in [0.25, 0.3) is 0 Å². The Balaban J connectivity index is 1.96. The predicted octanol–water partition coefficient (Wildman–Crippen LogP) is 3.66. The van der Waals surface area contributed by atoms with Crippen LogP contribution >= 0.6 is 0 Å². The highest BCUT2D eigenvalue weighted by atomic mass is 16.5. The number of nitrogens with one attached hydrogen (secondary N) is 1. The van der Waals surface area contributed by atoms with Gasteiger partial charge in [-0.1, -0.05) is 12.8 Å². The number of hydrogen-bond donors (Lipinski definition) is 2. The van der Waals surface area contributed by atoms with E-state index in [0.717, 1.165) is 29.6 Å². The maximum Gasteiger partial charge on any atom is 0.123 e. The Morgan fingerprint density at radius 1 is 1.28 bits per heavy atom. The second kappa shape index (κ2) is 5.98.